The van der Waals surface area contributed by atoms with Gasteiger partial charge in [0.25, 0.3) is 0 Å². The lowest BCUT2D eigenvalue weighted by atomic mass is 10.0. The molecule has 3 heterocycles. The predicted octanol–water partition coefficient (Wildman–Crippen LogP) is 3.67. The number of carbonyl (C=O) groups is 1. The van der Waals surface area contributed by atoms with E-state index in [1.54, 1.807) is 55.2 Å². The number of methoxy groups -OCH3 is 1. The van der Waals surface area contributed by atoms with Gasteiger partial charge in [0.15, 0.2) is 5.65 Å². The van der Waals surface area contributed by atoms with Crippen molar-refractivity contribution >= 4 is 17.5 Å². The molecule has 0 aliphatic heterocycles. The summed E-state index contributed by atoms with van der Waals surface area (Å²) in [7, 11) is 1.56. The van der Waals surface area contributed by atoms with Crippen molar-refractivity contribution in [1.82, 2.24) is 24.9 Å². The lowest BCUT2D eigenvalue weighted by Gasteiger charge is -2.09. The molecule has 0 fully saturated rings. The van der Waals surface area contributed by atoms with E-state index in [-0.39, 0.29) is 11.8 Å². The number of amides is 2. The fourth-order valence-electron chi connectivity index (χ4n) is 3.21. The van der Waals surface area contributed by atoms with Gasteiger partial charge in [0, 0.05) is 37.2 Å². The number of benzene rings is 1. The lowest BCUT2D eigenvalue weighted by molar-refractivity contribution is 0.198. The minimum atomic E-state index is -0.382. The molecule has 2 N–H and O–H groups in total. The number of rotatable bonds is 6. The second-order valence-electron chi connectivity index (χ2n) is 6.87. The van der Waals surface area contributed by atoms with E-state index in [9.17, 15) is 9.18 Å². The maximum absolute atomic E-state index is 13.8. The number of nitrogens with zero attached hydrogens (tertiary/aromatic N) is 4. The zero-order valence-electron chi connectivity index (χ0n) is 17.1. The molecular weight excluding hydrogens is 399 g/mol. The van der Waals surface area contributed by atoms with Crippen LogP contribution in [-0.4, -0.2) is 45.9 Å². The SMILES string of the molecule is COCCNC(=O)Nc1cc(-c2c(-c3ccc(F)c(C)c3)nc3cccnn23)ccn1. The number of hydrogen-bond donors (Lipinski definition) is 2. The number of ether oxygens (including phenoxy) is 1. The molecule has 2 amide bonds. The van der Waals surface area contributed by atoms with Crippen LogP contribution in [0.25, 0.3) is 28.2 Å². The highest BCUT2D eigenvalue weighted by Gasteiger charge is 2.18. The molecule has 1 aromatic carbocycles. The van der Waals surface area contributed by atoms with E-state index in [2.05, 4.69) is 20.7 Å². The summed E-state index contributed by atoms with van der Waals surface area (Å²) in [5, 5.41) is 9.83. The third-order valence-electron chi connectivity index (χ3n) is 4.69. The molecule has 0 saturated carbocycles. The van der Waals surface area contributed by atoms with Crippen molar-refractivity contribution in [2.45, 2.75) is 6.92 Å². The second-order valence-corrected chi connectivity index (χ2v) is 6.87. The van der Waals surface area contributed by atoms with Crippen molar-refractivity contribution in [3.63, 3.8) is 0 Å². The van der Waals surface area contributed by atoms with E-state index in [0.717, 1.165) is 11.1 Å². The van der Waals surface area contributed by atoms with Gasteiger partial charge in [-0.15, -0.1) is 0 Å². The Morgan fingerprint density at radius 3 is 2.84 bits per heavy atom. The van der Waals surface area contributed by atoms with Gasteiger partial charge in [-0.3, -0.25) is 5.32 Å². The van der Waals surface area contributed by atoms with E-state index in [0.29, 0.717) is 41.6 Å². The summed E-state index contributed by atoms with van der Waals surface area (Å²) in [6.07, 6.45) is 3.27. The van der Waals surface area contributed by atoms with Gasteiger partial charge in [0.2, 0.25) is 0 Å². The van der Waals surface area contributed by atoms with Crippen LogP contribution in [0.4, 0.5) is 15.0 Å². The maximum Gasteiger partial charge on any atom is 0.320 e. The molecule has 0 unspecified atom stereocenters. The molecule has 158 valence electrons. The third-order valence-corrected chi connectivity index (χ3v) is 4.69. The van der Waals surface area contributed by atoms with Crippen LogP contribution < -0.4 is 10.6 Å². The van der Waals surface area contributed by atoms with Crippen LogP contribution >= 0.6 is 0 Å². The van der Waals surface area contributed by atoms with Crippen LogP contribution in [0.3, 0.4) is 0 Å². The fraction of sp³-hybridized carbons (Fsp3) is 0.182. The Balaban J connectivity index is 1.75. The summed E-state index contributed by atoms with van der Waals surface area (Å²) in [4.78, 5) is 21.0. The first-order chi connectivity index (χ1) is 15.1. The highest BCUT2D eigenvalue weighted by molar-refractivity contribution is 5.89. The second kappa shape index (κ2) is 8.88. The molecular formula is C22H21FN6O2. The van der Waals surface area contributed by atoms with Crippen LogP contribution in [-0.2, 0) is 4.74 Å². The Labute approximate surface area is 178 Å². The number of aromatic nitrogens is 4. The minimum absolute atomic E-state index is 0.276. The average molecular weight is 420 g/mol. The number of halogens is 1. The smallest absolute Gasteiger partial charge is 0.320 e. The first-order valence-electron chi connectivity index (χ1n) is 9.67. The Morgan fingerprint density at radius 1 is 1.16 bits per heavy atom. The van der Waals surface area contributed by atoms with E-state index in [1.165, 1.54) is 6.07 Å². The minimum Gasteiger partial charge on any atom is -0.383 e. The van der Waals surface area contributed by atoms with Crippen LogP contribution in [0.2, 0.25) is 0 Å². The highest BCUT2D eigenvalue weighted by atomic mass is 19.1. The largest absolute Gasteiger partial charge is 0.383 e. The van der Waals surface area contributed by atoms with Gasteiger partial charge in [0.1, 0.15) is 17.3 Å². The summed E-state index contributed by atoms with van der Waals surface area (Å²) in [6.45, 7) is 2.51. The van der Waals surface area contributed by atoms with Crippen LogP contribution in [0.5, 0.6) is 0 Å². The first-order valence-corrected chi connectivity index (χ1v) is 9.67. The van der Waals surface area contributed by atoms with Gasteiger partial charge in [0.05, 0.1) is 12.3 Å². The van der Waals surface area contributed by atoms with Gasteiger partial charge in [-0.2, -0.15) is 5.10 Å². The molecule has 3 aromatic heterocycles. The van der Waals surface area contributed by atoms with Gasteiger partial charge in [-0.05, 0) is 55.0 Å². The molecule has 0 spiro atoms. The Kier molecular flexibility index (Phi) is 5.85. The highest BCUT2D eigenvalue weighted by Crippen LogP contribution is 2.33. The van der Waals surface area contributed by atoms with Crippen LogP contribution in [0.1, 0.15) is 5.56 Å². The standard InChI is InChI=1S/C22H21FN6O2/c1-14-12-15(5-6-17(14)23)20-21(29-19(28-20)4-3-8-26-29)16-7-9-24-18(13-16)27-22(30)25-10-11-31-2/h3-9,12-13H,10-11H2,1-2H3,(H2,24,25,27,30). The predicted molar refractivity (Wildman–Crippen MR) is 115 cm³/mol. The summed E-state index contributed by atoms with van der Waals surface area (Å²) in [5.74, 6) is 0.0987. The number of hydrogen-bond acceptors (Lipinski definition) is 5. The molecule has 8 nitrogen and oxygen atoms in total. The van der Waals surface area contributed by atoms with Gasteiger partial charge in [-0.25, -0.2) is 23.7 Å². The zero-order valence-corrected chi connectivity index (χ0v) is 17.1. The molecule has 0 saturated heterocycles. The van der Waals surface area contributed by atoms with E-state index in [1.807, 2.05) is 12.1 Å². The Bertz CT molecular complexity index is 1240. The van der Waals surface area contributed by atoms with Crippen molar-refractivity contribution < 1.29 is 13.9 Å². The topological polar surface area (TPSA) is 93.4 Å². The molecule has 31 heavy (non-hydrogen) atoms. The number of fused-ring (bicyclic) bond motifs is 1. The first kappa shape index (κ1) is 20.4. The molecule has 0 aliphatic carbocycles. The number of anilines is 1. The molecule has 0 atom stereocenters. The normalized spacial score (nSPS) is 10.9. The maximum atomic E-state index is 13.8. The molecule has 9 heteroatoms. The Hall–Kier alpha value is -3.85. The summed E-state index contributed by atoms with van der Waals surface area (Å²) >= 11 is 0. The zero-order chi connectivity index (χ0) is 21.8. The van der Waals surface area contributed by atoms with Gasteiger partial charge in [-0.1, -0.05) is 0 Å². The van der Waals surface area contributed by atoms with Crippen LogP contribution in [0, 0.1) is 12.7 Å². The van der Waals surface area contributed by atoms with Crippen LogP contribution in [0.15, 0.2) is 54.9 Å². The summed E-state index contributed by atoms with van der Waals surface area (Å²) in [6, 6.07) is 11.7. The van der Waals surface area contributed by atoms with E-state index >= 15 is 0 Å². The average Bonchev–Trinajstić information content (AvgIpc) is 3.15. The number of aryl methyl sites for hydroxylation is 1. The van der Waals surface area contributed by atoms with Crippen molar-refractivity contribution in [2.75, 3.05) is 25.6 Å². The number of imidazole rings is 1. The molecule has 4 rings (SSSR count). The molecule has 0 aliphatic rings. The lowest BCUT2D eigenvalue weighted by Crippen LogP contribution is -2.31. The third kappa shape index (κ3) is 4.36. The molecule has 0 radical (unpaired) electrons. The number of carbonyl (C=O) groups excluding carboxylic acids is 1. The molecule has 0 bridgehead atoms. The summed E-state index contributed by atoms with van der Waals surface area (Å²) in [5.41, 5.74) is 4.07. The molecule has 4 aromatic rings. The number of pyridine rings is 1. The quantitative estimate of drug-likeness (QED) is 0.464. The van der Waals surface area contributed by atoms with Crippen molar-refractivity contribution in [3.8, 4) is 22.5 Å². The van der Waals surface area contributed by atoms with Crippen molar-refractivity contribution in [3.05, 3.63) is 66.2 Å². The fourth-order valence-corrected chi connectivity index (χ4v) is 3.21. The number of urea groups is 1. The van der Waals surface area contributed by atoms with Crippen molar-refractivity contribution in [1.29, 1.82) is 0 Å². The van der Waals surface area contributed by atoms with E-state index in [4.69, 9.17) is 9.72 Å². The van der Waals surface area contributed by atoms with Gasteiger partial charge >= 0.3 is 6.03 Å². The Morgan fingerprint density at radius 2 is 2.03 bits per heavy atom. The monoisotopic (exact) mass is 420 g/mol. The van der Waals surface area contributed by atoms with E-state index < -0.39 is 0 Å². The number of nitrogens with one attached hydrogen (secondary N) is 2. The summed E-state index contributed by atoms with van der Waals surface area (Å²) < 4.78 is 20.5. The van der Waals surface area contributed by atoms with Gasteiger partial charge < -0.3 is 10.1 Å². The van der Waals surface area contributed by atoms with Crippen molar-refractivity contribution in [2.24, 2.45) is 0 Å².